The van der Waals surface area contributed by atoms with Gasteiger partial charge in [-0.3, -0.25) is 0 Å². The second-order valence-electron chi connectivity index (χ2n) is 2.46. The number of ether oxygens (including phenoxy) is 1. The number of hydrogen-bond acceptors (Lipinski definition) is 4. The van der Waals surface area contributed by atoms with Crippen LogP contribution in [0.3, 0.4) is 0 Å². The summed E-state index contributed by atoms with van der Waals surface area (Å²) in [7, 11) is 0. The molecule has 1 aromatic rings. The summed E-state index contributed by atoms with van der Waals surface area (Å²) < 4.78 is 5.10. The van der Waals surface area contributed by atoms with Crippen LogP contribution in [-0.4, -0.2) is 22.3 Å². The molecule has 0 aliphatic rings. The summed E-state index contributed by atoms with van der Waals surface area (Å²) >= 11 is 4.06. The topological polar surface area (TPSA) is 35.0 Å². The van der Waals surface area contributed by atoms with E-state index in [1.165, 1.54) is 0 Å². The smallest absolute Gasteiger partial charge is 0.316 e. The van der Waals surface area contributed by atoms with Crippen molar-refractivity contribution in [3.05, 3.63) is 18.0 Å². The number of hydrogen-bond donors (Lipinski definition) is 1. The highest BCUT2D eigenvalue weighted by Gasteiger charge is 1.93. The van der Waals surface area contributed by atoms with Gasteiger partial charge in [-0.1, -0.05) is 11.8 Å². The van der Waals surface area contributed by atoms with E-state index in [1.807, 2.05) is 6.92 Å². The maximum atomic E-state index is 5.10. The van der Waals surface area contributed by atoms with Crippen molar-refractivity contribution in [3.63, 3.8) is 0 Å². The Kier molecular flexibility index (Phi) is 4.87. The average Bonchev–Trinajstić information content (AvgIpc) is 2.21. The van der Waals surface area contributed by atoms with E-state index in [1.54, 1.807) is 12.4 Å². The zero-order chi connectivity index (χ0) is 10.2. The summed E-state index contributed by atoms with van der Waals surface area (Å²) in [4.78, 5) is 7.98. The van der Waals surface area contributed by atoms with Gasteiger partial charge in [0.25, 0.3) is 0 Å². The molecule has 1 rings (SSSR count). The molecule has 0 fully saturated rings. The Balaban J connectivity index is 2.60. The molecule has 4 heteroatoms. The van der Waals surface area contributed by atoms with E-state index in [4.69, 9.17) is 4.74 Å². The van der Waals surface area contributed by atoms with Gasteiger partial charge in [-0.2, -0.15) is 12.6 Å². The molecule has 1 heterocycles. The second kappa shape index (κ2) is 6.28. The molecule has 0 N–H and O–H groups in total. The van der Waals surface area contributed by atoms with E-state index in [0.717, 1.165) is 17.7 Å². The Morgan fingerprint density at radius 2 is 2.14 bits per heavy atom. The van der Waals surface area contributed by atoms with Gasteiger partial charge in [0.15, 0.2) is 0 Å². The van der Waals surface area contributed by atoms with Crippen molar-refractivity contribution in [1.29, 1.82) is 0 Å². The minimum Gasteiger partial charge on any atom is -0.464 e. The molecule has 0 saturated carbocycles. The third-order valence-electron chi connectivity index (χ3n) is 1.37. The van der Waals surface area contributed by atoms with Crippen LogP contribution in [0.5, 0.6) is 6.01 Å². The van der Waals surface area contributed by atoms with Crippen molar-refractivity contribution < 1.29 is 4.74 Å². The molecule has 0 bridgehead atoms. The van der Waals surface area contributed by atoms with Crippen LogP contribution in [0.4, 0.5) is 0 Å². The number of thiol groups is 1. The second-order valence-corrected chi connectivity index (χ2v) is 2.91. The SMILES string of the molecule is CCOc1ncc(C#CCCS)cn1. The molecule has 3 nitrogen and oxygen atoms in total. The predicted molar refractivity (Wildman–Crippen MR) is 58.5 cm³/mol. The van der Waals surface area contributed by atoms with Crippen LogP contribution in [-0.2, 0) is 0 Å². The summed E-state index contributed by atoms with van der Waals surface area (Å²) in [5.74, 6) is 6.66. The van der Waals surface area contributed by atoms with Crippen LogP contribution in [0.15, 0.2) is 12.4 Å². The molecule has 0 aromatic carbocycles. The van der Waals surface area contributed by atoms with Gasteiger partial charge in [0.1, 0.15) is 0 Å². The Morgan fingerprint density at radius 3 is 2.71 bits per heavy atom. The summed E-state index contributed by atoms with van der Waals surface area (Å²) in [6.45, 7) is 2.47. The van der Waals surface area contributed by atoms with Gasteiger partial charge in [-0.25, -0.2) is 9.97 Å². The average molecular weight is 208 g/mol. The highest BCUT2D eigenvalue weighted by atomic mass is 32.1. The van der Waals surface area contributed by atoms with E-state index in [2.05, 4.69) is 34.4 Å². The molecule has 0 radical (unpaired) electrons. The van der Waals surface area contributed by atoms with Gasteiger partial charge in [-0.15, -0.1) is 0 Å². The van der Waals surface area contributed by atoms with E-state index in [-0.39, 0.29) is 0 Å². The van der Waals surface area contributed by atoms with E-state index < -0.39 is 0 Å². The van der Waals surface area contributed by atoms with Crippen molar-refractivity contribution in [3.8, 4) is 17.9 Å². The molecule has 0 saturated heterocycles. The van der Waals surface area contributed by atoms with Crippen LogP contribution in [0, 0.1) is 11.8 Å². The summed E-state index contributed by atoms with van der Waals surface area (Å²) in [6, 6.07) is 0.396. The molecular formula is C10H12N2OS. The van der Waals surface area contributed by atoms with Crippen molar-refractivity contribution in [1.82, 2.24) is 9.97 Å². The van der Waals surface area contributed by atoms with Gasteiger partial charge >= 0.3 is 6.01 Å². The largest absolute Gasteiger partial charge is 0.464 e. The molecule has 0 amide bonds. The van der Waals surface area contributed by atoms with Crippen molar-refractivity contribution >= 4 is 12.6 Å². The van der Waals surface area contributed by atoms with Crippen LogP contribution in [0.25, 0.3) is 0 Å². The Morgan fingerprint density at radius 1 is 1.43 bits per heavy atom. The molecule has 0 spiro atoms. The van der Waals surface area contributed by atoms with Gasteiger partial charge in [0.2, 0.25) is 0 Å². The minimum atomic E-state index is 0.396. The molecular weight excluding hydrogens is 196 g/mol. The third kappa shape index (κ3) is 3.67. The maximum Gasteiger partial charge on any atom is 0.316 e. The van der Waals surface area contributed by atoms with Crippen LogP contribution < -0.4 is 4.74 Å². The van der Waals surface area contributed by atoms with Crippen molar-refractivity contribution in [2.75, 3.05) is 12.4 Å². The standard InChI is InChI=1S/C10H12N2OS/c1-2-13-10-11-7-9(8-12-10)5-3-4-6-14/h7-8,14H,2,4,6H2,1H3. The Labute approximate surface area is 89.3 Å². The summed E-state index contributed by atoms with van der Waals surface area (Å²) in [5.41, 5.74) is 0.801. The van der Waals surface area contributed by atoms with Crippen LogP contribution in [0.1, 0.15) is 18.9 Å². The Hall–Kier alpha value is -1.21. The van der Waals surface area contributed by atoms with Crippen molar-refractivity contribution in [2.45, 2.75) is 13.3 Å². The van der Waals surface area contributed by atoms with E-state index >= 15 is 0 Å². The van der Waals surface area contributed by atoms with E-state index in [0.29, 0.717) is 12.6 Å². The lowest BCUT2D eigenvalue weighted by molar-refractivity contribution is 0.312. The lowest BCUT2D eigenvalue weighted by Gasteiger charge is -1.98. The lowest BCUT2D eigenvalue weighted by Crippen LogP contribution is -1.96. The number of aromatic nitrogens is 2. The molecule has 74 valence electrons. The number of nitrogens with zero attached hydrogens (tertiary/aromatic N) is 2. The van der Waals surface area contributed by atoms with Crippen LogP contribution >= 0.6 is 12.6 Å². The first-order valence-corrected chi connectivity index (χ1v) is 5.04. The fraction of sp³-hybridized carbons (Fsp3) is 0.400. The summed E-state index contributed by atoms with van der Waals surface area (Å²) in [6.07, 6.45) is 4.09. The number of rotatable bonds is 3. The Bertz CT molecular complexity index is 326. The molecule has 0 aliphatic heterocycles. The first-order valence-electron chi connectivity index (χ1n) is 4.41. The molecule has 14 heavy (non-hydrogen) atoms. The zero-order valence-electron chi connectivity index (χ0n) is 8.03. The highest BCUT2D eigenvalue weighted by molar-refractivity contribution is 7.80. The minimum absolute atomic E-state index is 0.396. The molecule has 0 aliphatic carbocycles. The van der Waals surface area contributed by atoms with Crippen LogP contribution in [0.2, 0.25) is 0 Å². The van der Waals surface area contributed by atoms with Gasteiger partial charge in [-0.05, 0) is 6.92 Å². The summed E-state index contributed by atoms with van der Waals surface area (Å²) in [5, 5.41) is 0. The van der Waals surface area contributed by atoms with Crippen molar-refractivity contribution in [2.24, 2.45) is 0 Å². The predicted octanol–water partition coefficient (Wildman–Crippen LogP) is 1.55. The van der Waals surface area contributed by atoms with Gasteiger partial charge in [0, 0.05) is 24.6 Å². The van der Waals surface area contributed by atoms with Gasteiger partial charge in [0.05, 0.1) is 12.2 Å². The molecule has 0 atom stereocenters. The van der Waals surface area contributed by atoms with Gasteiger partial charge < -0.3 is 4.74 Å². The fourth-order valence-electron chi connectivity index (χ4n) is 0.805. The quantitative estimate of drug-likeness (QED) is 0.604. The normalized spacial score (nSPS) is 9.00. The molecule has 0 unspecified atom stereocenters. The third-order valence-corrected chi connectivity index (χ3v) is 1.59. The monoisotopic (exact) mass is 208 g/mol. The maximum absolute atomic E-state index is 5.10. The first-order chi connectivity index (χ1) is 6.86. The fourth-order valence-corrected chi connectivity index (χ4v) is 0.917. The lowest BCUT2D eigenvalue weighted by atomic mass is 10.3. The van der Waals surface area contributed by atoms with E-state index in [9.17, 15) is 0 Å². The first kappa shape index (κ1) is 10.9. The highest BCUT2D eigenvalue weighted by Crippen LogP contribution is 2.00. The molecule has 1 aromatic heterocycles. The zero-order valence-corrected chi connectivity index (χ0v) is 8.92.